The van der Waals surface area contributed by atoms with Crippen LogP contribution in [0, 0.1) is 0 Å². The molecule has 1 aromatic heterocycles. The zero-order valence-corrected chi connectivity index (χ0v) is 8.42. The van der Waals surface area contributed by atoms with Crippen LogP contribution in [-0.4, -0.2) is 17.2 Å². The molecule has 0 aliphatic carbocycles. The molecule has 0 aliphatic heterocycles. The van der Waals surface area contributed by atoms with E-state index in [1.54, 1.807) is 12.4 Å². The van der Waals surface area contributed by atoms with Crippen LogP contribution in [0.4, 0.5) is 4.79 Å². The Morgan fingerprint density at radius 2 is 2.25 bits per heavy atom. The number of nitrogens with zero attached hydrogens (tertiary/aromatic N) is 2. The van der Waals surface area contributed by atoms with Crippen LogP contribution in [-0.2, 0) is 0 Å². The second kappa shape index (κ2) is 4.39. The van der Waals surface area contributed by atoms with E-state index in [2.05, 4.69) is 15.5 Å². The summed E-state index contributed by atoms with van der Waals surface area (Å²) in [6, 6.07) is 7.03. The Balaban J connectivity index is 2.26. The quantitative estimate of drug-likeness (QED) is 0.582. The molecule has 0 unspecified atom stereocenters. The second-order valence-corrected chi connectivity index (χ2v) is 3.22. The molecule has 5 nitrogen and oxygen atoms in total. The molecule has 0 radical (unpaired) electrons. The highest BCUT2D eigenvalue weighted by molar-refractivity contribution is 5.90. The molecule has 16 heavy (non-hydrogen) atoms. The zero-order valence-electron chi connectivity index (χ0n) is 8.42. The first-order valence-corrected chi connectivity index (χ1v) is 4.68. The van der Waals surface area contributed by atoms with Crippen LogP contribution in [0.3, 0.4) is 0 Å². The number of urea groups is 1. The molecular weight excluding hydrogens is 204 g/mol. The van der Waals surface area contributed by atoms with E-state index in [1.807, 2.05) is 24.3 Å². The van der Waals surface area contributed by atoms with Gasteiger partial charge in [0.1, 0.15) is 0 Å². The number of carbonyl (C=O) groups excluding carboxylic acids is 1. The molecule has 3 N–H and O–H groups in total. The second-order valence-electron chi connectivity index (χ2n) is 3.22. The van der Waals surface area contributed by atoms with Gasteiger partial charge in [0.2, 0.25) is 0 Å². The van der Waals surface area contributed by atoms with E-state index in [0.29, 0.717) is 0 Å². The number of amides is 2. The van der Waals surface area contributed by atoms with Crippen LogP contribution in [0.1, 0.15) is 5.56 Å². The first-order chi connectivity index (χ1) is 7.75. The van der Waals surface area contributed by atoms with Crippen molar-refractivity contribution >= 4 is 23.0 Å². The lowest BCUT2D eigenvalue weighted by molar-refractivity contribution is 0.249. The van der Waals surface area contributed by atoms with Crippen molar-refractivity contribution in [1.29, 1.82) is 0 Å². The van der Waals surface area contributed by atoms with Crippen molar-refractivity contribution in [3.63, 3.8) is 0 Å². The largest absolute Gasteiger partial charge is 0.350 e. The molecule has 1 heterocycles. The van der Waals surface area contributed by atoms with Crippen LogP contribution >= 0.6 is 0 Å². The van der Waals surface area contributed by atoms with E-state index >= 15 is 0 Å². The number of aromatic nitrogens is 1. The van der Waals surface area contributed by atoms with Crippen LogP contribution in [0.2, 0.25) is 0 Å². The molecular formula is C11H10N4O. The summed E-state index contributed by atoms with van der Waals surface area (Å²) in [5.41, 5.74) is 7.88. The minimum Gasteiger partial charge on any atom is -0.350 e. The average molecular weight is 214 g/mol. The normalized spacial score (nSPS) is 10.8. The fraction of sp³-hybridized carbons (Fsp3) is 0. The van der Waals surface area contributed by atoms with Crippen molar-refractivity contribution in [2.24, 2.45) is 10.8 Å². The Kier molecular flexibility index (Phi) is 2.77. The number of benzene rings is 1. The van der Waals surface area contributed by atoms with Gasteiger partial charge in [-0.2, -0.15) is 5.10 Å². The number of primary amides is 1. The number of fused-ring (bicyclic) bond motifs is 1. The number of nitrogens with two attached hydrogens (primary N) is 1. The van der Waals surface area contributed by atoms with Crippen molar-refractivity contribution in [2.75, 3.05) is 0 Å². The molecule has 0 atom stereocenters. The van der Waals surface area contributed by atoms with Gasteiger partial charge in [-0.3, -0.25) is 4.98 Å². The maximum absolute atomic E-state index is 10.4. The summed E-state index contributed by atoms with van der Waals surface area (Å²) in [5.74, 6) is 0. The molecule has 0 bridgehead atoms. The maximum atomic E-state index is 10.4. The van der Waals surface area contributed by atoms with Crippen molar-refractivity contribution in [1.82, 2.24) is 10.4 Å². The van der Waals surface area contributed by atoms with Crippen LogP contribution < -0.4 is 11.2 Å². The highest BCUT2D eigenvalue weighted by Gasteiger charge is 1.94. The van der Waals surface area contributed by atoms with Crippen molar-refractivity contribution < 1.29 is 4.79 Å². The summed E-state index contributed by atoms with van der Waals surface area (Å²) in [5, 5.41) is 5.80. The number of nitrogens with one attached hydrogen (secondary N) is 1. The number of hydrogen-bond acceptors (Lipinski definition) is 3. The van der Waals surface area contributed by atoms with Crippen LogP contribution in [0.25, 0.3) is 10.8 Å². The lowest BCUT2D eigenvalue weighted by Crippen LogP contribution is -2.24. The molecule has 0 saturated heterocycles. The highest BCUT2D eigenvalue weighted by atomic mass is 16.2. The average Bonchev–Trinajstić information content (AvgIpc) is 2.28. The number of hydrogen-bond donors (Lipinski definition) is 2. The fourth-order valence-electron chi connectivity index (χ4n) is 1.35. The summed E-state index contributed by atoms with van der Waals surface area (Å²) in [4.78, 5) is 14.4. The lowest BCUT2D eigenvalue weighted by Gasteiger charge is -1.98. The Hall–Kier alpha value is -2.43. The molecule has 0 saturated carbocycles. The Labute approximate surface area is 92.0 Å². The summed E-state index contributed by atoms with van der Waals surface area (Å²) in [7, 11) is 0. The minimum atomic E-state index is -0.682. The van der Waals surface area contributed by atoms with E-state index in [0.717, 1.165) is 16.3 Å². The summed E-state index contributed by atoms with van der Waals surface area (Å²) in [6.45, 7) is 0. The number of hydrazone groups is 1. The topological polar surface area (TPSA) is 80.4 Å². The Morgan fingerprint density at radius 3 is 3.06 bits per heavy atom. The van der Waals surface area contributed by atoms with Gasteiger partial charge in [0, 0.05) is 17.8 Å². The SMILES string of the molecule is NC(=O)NN=Cc1ccc2ccncc2c1. The zero-order chi connectivity index (χ0) is 11.4. The predicted octanol–water partition coefficient (Wildman–Crippen LogP) is 1.24. The predicted molar refractivity (Wildman–Crippen MR) is 62.1 cm³/mol. The maximum Gasteiger partial charge on any atom is 0.332 e. The standard InChI is InChI=1S/C11H10N4O/c12-11(16)15-14-6-8-1-2-9-3-4-13-7-10(9)5-8/h1-7H,(H3,12,15,16). The molecule has 2 rings (SSSR count). The van der Waals surface area contributed by atoms with Crippen LogP contribution in [0.15, 0.2) is 41.8 Å². The third-order valence-electron chi connectivity index (χ3n) is 2.05. The van der Waals surface area contributed by atoms with Gasteiger partial charge in [-0.1, -0.05) is 12.1 Å². The fourth-order valence-corrected chi connectivity index (χ4v) is 1.35. The third-order valence-corrected chi connectivity index (χ3v) is 2.05. The van der Waals surface area contributed by atoms with Gasteiger partial charge in [-0.25, -0.2) is 10.2 Å². The van der Waals surface area contributed by atoms with Gasteiger partial charge in [0.05, 0.1) is 6.21 Å². The molecule has 0 spiro atoms. The molecule has 80 valence electrons. The first kappa shape index (κ1) is 10.1. The Bertz CT molecular complexity index is 550. The van der Waals surface area contributed by atoms with Gasteiger partial charge in [0.15, 0.2) is 0 Å². The molecule has 2 aromatic rings. The Morgan fingerprint density at radius 1 is 1.38 bits per heavy atom. The number of carbonyl (C=O) groups is 1. The monoisotopic (exact) mass is 214 g/mol. The highest BCUT2D eigenvalue weighted by Crippen LogP contribution is 2.12. The first-order valence-electron chi connectivity index (χ1n) is 4.68. The summed E-state index contributed by atoms with van der Waals surface area (Å²) >= 11 is 0. The van der Waals surface area contributed by atoms with E-state index in [-0.39, 0.29) is 0 Å². The van der Waals surface area contributed by atoms with Gasteiger partial charge in [-0.05, 0) is 23.1 Å². The lowest BCUT2D eigenvalue weighted by atomic mass is 10.1. The van der Waals surface area contributed by atoms with Gasteiger partial charge in [-0.15, -0.1) is 0 Å². The van der Waals surface area contributed by atoms with Gasteiger partial charge >= 0.3 is 6.03 Å². The van der Waals surface area contributed by atoms with E-state index in [9.17, 15) is 4.79 Å². The van der Waals surface area contributed by atoms with Crippen molar-refractivity contribution in [3.05, 3.63) is 42.2 Å². The summed E-state index contributed by atoms with van der Waals surface area (Å²) in [6.07, 6.45) is 5.04. The van der Waals surface area contributed by atoms with E-state index in [4.69, 9.17) is 5.73 Å². The molecule has 0 fully saturated rings. The van der Waals surface area contributed by atoms with E-state index < -0.39 is 6.03 Å². The third kappa shape index (κ3) is 2.33. The van der Waals surface area contributed by atoms with E-state index in [1.165, 1.54) is 6.21 Å². The molecule has 1 aromatic carbocycles. The van der Waals surface area contributed by atoms with Crippen LogP contribution in [0.5, 0.6) is 0 Å². The van der Waals surface area contributed by atoms with Gasteiger partial charge < -0.3 is 5.73 Å². The summed E-state index contributed by atoms with van der Waals surface area (Å²) < 4.78 is 0. The number of rotatable bonds is 2. The van der Waals surface area contributed by atoms with Crippen molar-refractivity contribution in [2.45, 2.75) is 0 Å². The minimum absolute atomic E-state index is 0.682. The van der Waals surface area contributed by atoms with Gasteiger partial charge in [0.25, 0.3) is 0 Å². The van der Waals surface area contributed by atoms with Crippen molar-refractivity contribution in [3.8, 4) is 0 Å². The molecule has 5 heteroatoms. The molecule has 2 amide bonds. The number of pyridine rings is 1. The molecule has 0 aliphatic rings. The smallest absolute Gasteiger partial charge is 0.332 e.